The van der Waals surface area contributed by atoms with Gasteiger partial charge in [0.15, 0.2) is 0 Å². The highest BCUT2D eigenvalue weighted by molar-refractivity contribution is 9.10. The summed E-state index contributed by atoms with van der Waals surface area (Å²) >= 11 is 4.89. The molecule has 0 fully saturated rings. The van der Waals surface area contributed by atoms with Crippen molar-refractivity contribution >= 4 is 44.1 Å². The van der Waals surface area contributed by atoms with Gasteiger partial charge in [0.1, 0.15) is 5.00 Å². The van der Waals surface area contributed by atoms with Gasteiger partial charge in [-0.15, -0.1) is 11.3 Å². The van der Waals surface area contributed by atoms with Gasteiger partial charge in [0.2, 0.25) is 0 Å². The standard InChI is InChI=1S/C17H17BrN2O2S/c1-19-16(22)14-12-4-2-3-5-13(12)23-17(14)20-15(21)10-6-8-11(18)9-7-10/h6-9H,2-5H2,1H3,(H,19,22)(H,20,21). The number of thiophene rings is 1. The van der Waals surface area contributed by atoms with E-state index < -0.39 is 0 Å². The van der Waals surface area contributed by atoms with Crippen molar-refractivity contribution < 1.29 is 9.59 Å². The van der Waals surface area contributed by atoms with E-state index in [1.54, 1.807) is 19.2 Å². The van der Waals surface area contributed by atoms with Crippen LogP contribution in [0.15, 0.2) is 28.7 Å². The summed E-state index contributed by atoms with van der Waals surface area (Å²) in [5.41, 5.74) is 2.31. The molecule has 0 saturated carbocycles. The first-order valence-corrected chi connectivity index (χ1v) is 9.14. The van der Waals surface area contributed by atoms with Crippen molar-refractivity contribution in [3.63, 3.8) is 0 Å². The van der Waals surface area contributed by atoms with Crippen LogP contribution in [0, 0.1) is 0 Å². The third-order valence-corrected chi connectivity index (χ3v) is 5.69. The highest BCUT2D eigenvalue weighted by Crippen LogP contribution is 2.38. The molecule has 1 aliphatic carbocycles. The molecule has 2 aromatic rings. The first-order chi connectivity index (χ1) is 11.1. The lowest BCUT2D eigenvalue weighted by atomic mass is 9.95. The van der Waals surface area contributed by atoms with Crippen LogP contribution in [-0.2, 0) is 12.8 Å². The number of benzene rings is 1. The molecule has 2 amide bonds. The second-order valence-electron chi connectivity index (χ2n) is 5.46. The molecule has 1 aromatic heterocycles. The van der Waals surface area contributed by atoms with Crippen LogP contribution in [0.25, 0.3) is 0 Å². The Morgan fingerprint density at radius 1 is 1.09 bits per heavy atom. The molecule has 0 atom stereocenters. The van der Waals surface area contributed by atoms with Gasteiger partial charge in [-0.1, -0.05) is 15.9 Å². The van der Waals surface area contributed by atoms with E-state index in [2.05, 4.69) is 26.6 Å². The fourth-order valence-electron chi connectivity index (χ4n) is 2.80. The second kappa shape index (κ2) is 6.84. The van der Waals surface area contributed by atoms with E-state index in [1.807, 2.05) is 12.1 Å². The number of halogens is 1. The molecule has 0 bridgehead atoms. The van der Waals surface area contributed by atoms with Gasteiger partial charge >= 0.3 is 0 Å². The average molecular weight is 393 g/mol. The predicted molar refractivity (Wildman–Crippen MR) is 96.4 cm³/mol. The molecule has 0 spiro atoms. The molecule has 6 heteroatoms. The fourth-order valence-corrected chi connectivity index (χ4v) is 4.34. The molecule has 2 N–H and O–H groups in total. The Morgan fingerprint density at radius 2 is 1.78 bits per heavy atom. The summed E-state index contributed by atoms with van der Waals surface area (Å²) in [5.74, 6) is -0.322. The highest BCUT2D eigenvalue weighted by Gasteiger charge is 2.25. The summed E-state index contributed by atoms with van der Waals surface area (Å²) in [7, 11) is 1.62. The summed E-state index contributed by atoms with van der Waals surface area (Å²) in [4.78, 5) is 25.9. The Morgan fingerprint density at radius 3 is 2.48 bits per heavy atom. The molecule has 0 aliphatic heterocycles. The van der Waals surface area contributed by atoms with Gasteiger partial charge in [-0.2, -0.15) is 0 Å². The Labute approximate surface area is 147 Å². The average Bonchev–Trinajstić information content (AvgIpc) is 2.92. The van der Waals surface area contributed by atoms with E-state index in [0.717, 1.165) is 35.7 Å². The number of amides is 2. The van der Waals surface area contributed by atoms with Crippen LogP contribution in [0.2, 0.25) is 0 Å². The normalized spacial score (nSPS) is 13.3. The Hall–Kier alpha value is -1.66. The number of hydrogen-bond acceptors (Lipinski definition) is 3. The number of carbonyl (C=O) groups excluding carboxylic acids is 2. The zero-order chi connectivity index (χ0) is 16.4. The quantitative estimate of drug-likeness (QED) is 0.828. The molecular formula is C17H17BrN2O2S. The number of hydrogen-bond donors (Lipinski definition) is 2. The minimum absolute atomic E-state index is 0.129. The molecule has 0 saturated heterocycles. The summed E-state index contributed by atoms with van der Waals surface area (Å²) in [5, 5.41) is 6.27. The molecule has 1 aromatic carbocycles. The van der Waals surface area contributed by atoms with E-state index in [1.165, 1.54) is 16.2 Å². The zero-order valence-electron chi connectivity index (χ0n) is 12.7. The van der Waals surface area contributed by atoms with Crippen LogP contribution >= 0.6 is 27.3 Å². The first kappa shape index (κ1) is 16.2. The minimum atomic E-state index is -0.193. The highest BCUT2D eigenvalue weighted by atomic mass is 79.9. The number of aryl methyl sites for hydroxylation is 1. The number of fused-ring (bicyclic) bond motifs is 1. The maximum atomic E-state index is 12.4. The SMILES string of the molecule is CNC(=O)c1c(NC(=O)c2ccc(Br)cc2)sc2c1CCCC2. The summed E-state index contributed by atoms with van der Waals surface area (Å²) in [6.45, 7) is 0. The number of carbonyl (C=O) groups is 2. The maximum absolute atomic E-state index is 12.4. The Kier molecular flexibility index (Phi) is 4.82. The smallest absolute Gasteiger partial charge is 0.256 e. The molecule has 120 valence electrons. The fraction of sp³-hybridized carbons (Fsp3) is 0.294. The van der Waals surface area contributed by atoms with Gasteiger partial charge < -0.3 is 10.6 Å². The van der Waals surface area contributed by atoms with E-state index in [0.29, 0.717) is 16.1 Å². The lowest BCUT2D eigenvalue weighted by Gasteiger charge is -2.12. The summed E-state index contributed by atoms with van der Waals surface area (Å²) in [6.07, 6.45) is 4.12. The molecule has 4 nitrogen and oxygen atoms in total. The van der Waals surface area contributed by atoms with E-state index in [-0.39, 0.29) is 11.8 Å². The van der Waals surface area contributed by atoms with E-state index in [4.69, 9.17) is 0 Å². The molecule has 1 heterocycles. The van der Waals surface area contributed by atoms with Crippen molar-refractivity contribution in [2.75, 3.05) is 12.4 Å². The van der Waals surface area contributed by atoms with Gasteiger partial charge in [-0.3, -0.25) is 9.59 Å². The van der Waals surface area contributed by atoms with Gasteiger partial charge in [0.25, 0.3) is 11.8 Å². The van der Waals surface area contributed by atoms with Crippen molar-refractivity contribution in [1.82, 2.24) is 5.32 Å². The summed E-state index contributed by atoms with van der Waals surface area (Å²) in [6, 6.07) is 7.17. The predicted octanol–water partition coefficient (Wildman–Crippen LogP) is 4.00. The third kappa shape index (κ3) is 3.33. The van der Waals surface area contributed by atoms with Crippen molar-refractivity contribution in [2.24, 2.45) is 0 Å². The van der Waals surface area contributed by atoms with Crippen molar-refractivity contribution in [1.29, 1.82) is 0 Å². The first-order valence-electron chi connectivity index (χ1n) is 7.53. The van der Waals surface area contributed by atoms with Crippen LogP contribution in [0.3, 0.4) is 0 Å². The topological polar surface area (TPSA) is 58.2 Å². The van der Waals surface area contributed by atoms with Crippen LogP contribution in [0.4, 0.5) is 5.00 Å². The zero-order valence-corrected chi connectivity index (χ0v) is 15.1. The molecule has 0 unspecified atom stereocenters. The lowest BCUT2D eigenvalue weighted by molar-refractivity contribution is 0.0963. The van der Waals surface area contributed by atoms with Crippen LogP contribution in [0.5, 0.6) is 0 Å². The van der Waals surface area contributed by atoms with E-state index >= 15 is 0 Å². The van der Waals surface area contributed by atoms with Crippen molar-refractivity contribution in [3.05, 3.63) is 50.3 Å². The lowest BCUT2D eigenvalue weighted by Crippen LogP contribution is -2.22. The van der Waals surface area contributed by atoms with Gasteiger partial charge in [0, 0.05) is 22.0 Å². The minimum Gasteiger partial charge on any atom is -0.355 e. The van der Waals surface area contributed by atoms with Crippen molar-refractivity contribution in [2.45, 2.75) is 25.7 Å². The summed E-state index contributed by atoms with van der Waals surface area (Å²) < 4.78 is 0.923. The Bertz CT molecular complexity index is 753. The largest absolute Gasteiger partial charge is 0.355 e. The number of anilines is 1. The van der Waals surface area contributed by atoms with Crippen LogP contribution < -0.4 is 10.6 Å². The monoisotopic (exact) mass is 392 g/mol. The molecule has 23 heavy (non-hydrogen) atoms. The number of rotatable bonds is 3. The molecule has 1 aliphatic rings. The van der Waals surface area contributed by atoms with Crippen LogP contribution in [0.1, 0.15) is 44.0 Å². The second-order valence-corrected chi connectivity index (χ2v) is 7.48. The van der Waals surface area contributed by atoms with E-state index in [9.17, 15) is 9.59 Å². The van der Waals surface area contributed by atoms with Crippen molar-refractivity contribution in [3.8, 4) is 0 Å². The molecular weight excluding hydrogens is 376 g/mol. The van der Waals surface area contributed by atoms with Gasteiger partial charge in [-0.05, 0) is 55.5 Å². The molecule has 0 radical (unpaired) electrons. The maximum Gasteiger partial charge on any atom is 0.256 e. The van der Waals surface area contributed by atoms with Crippen LogP contribution in [-0.4, -0.2) is 18.9 Å². The Balaban J connectivity index is 1.93. The molecule has 3 rings (SSSR count). The van der Waals surface area contributed by atoms with Gasteiger partial charge in [-0.25, -0.2) is 0 Å². The number of nitrogens with one attached hydrogen (secondary N) is 2. The van der Waals surface area contributed by atoms with Gasteiger partial charge in [0.05, 0.1) is 5.56 Å². The third-order valence-electron chi connectivity index (χ3n) is 3.96.